The molecule has 82 valence electrons. The summed E-state index contributed by atoms with van der Waals surface area (Å²) in [7, 11) is 1.86. The average molecular weight is 213 g/mol. The highest BCUT2D eigenvalue weighted by Crippen LogP contribution is 2.23. The zero-order chi connectivity index (χ0) is 11.5. The van der Waals surface area contributed by atoms with Crippen molar-refractivity contribution in [3.05, 3.63) is 41.7 Å². The Morgan fingerprint density at radius 2 is 1.88 bits per heavy atom. The number of hydrogen-bond acceptors (Lipinski definition) is 3. The maximum Gasteiger partial charge on any atom is 0.129 e. The van der Waals surface area contributed by atoms with Crippen LogP contribution in [0.1, 0.15) is 11.1 Å². The summed E-state index contributed by atoms with van der Waals surface area (Å²) in [5, 5.41) is 3.02. The van der Waals surface area contributed by atoms with Gasteiger partial charge in [0.05, 0.1) is 5.69 Å². The van der Waals surface area contributed by atoms with Gasteiger partial charge in [0.15, 0.2) is 0 Å². The Labute approximate surface area is 95.6 Å². The third-order valence-electron chi connectivity index (χ3n) is 2.59. The molecular weight excluding hydrogens is 198 g/mol. The van der Waals surface area contributed by atoms with Gasteiger partial charge in [-0.25, -0.2) is 9.97 Å². The van der Waals surface area contributed by atoms with Crippen LogP contribution in [-0.4, -0.2) is 17.0 Å². The summed E-state index contributed by atoms with van der Waals surface area (Å²) < 4.78 is 0. The number of nitrogens with zero attached hydrogens (tertiary/aromatic N) is 2. The molecule has 0 aliphatic heterocycles. The molecule has 1 aromatic heterocycles. The third-order valence-corrected chi connectivity index (χ3v) is 2.59. The minimum absolute atomic E-state index is 0.839. The first-order valence-corrected chi connectivity index (χ1v) is 5.28. The van der Waals surface area contributed by atoms with Crippen molar-refractivity contribution < 1.29 is 0 Å². The molecule has 0 atom stereocenters. The van der Waals surface area contributed by atoms with Crippen molar-refractivity contribution in [3.63, 3.8) is 0 Å². The van der Waals surface area contributed by atoms with Crippen LogP contribution in [0.5, 0.6) is 0 Å². The van der Waals surface area contributed by atoms with Gasteiger partial charge < -0.3 is 5.32 Å². The lowest BCUT2D eigenvalue weighted by molar-refractivity contribution is 1.16. The van der Waals surface area contributed by atoms with Crippen LogP contribution in [0.25, 0.3) is 11.3 Å². The van der Waals surface area contributed by atoms with Crippen molar-refractivity contribution in [3.8, 4) is 11.3 Å². The second kappa shape index (κ2) is 4.31. The fourth-order valence-electron chi connectivity index (χ4n) is 1.65. The highest BCUT2D eigenvalue weighted by atomic mass is 15.0. The Hall–Kier alpha value is -1.90. The van der Waals surface area contributed by atoms with Crippen molar-refractivity contribution >= 4 is 5.82 Å². The first-order valence-electron chi connectivity index (χ1n) is 5.28. The maximum atomic E-state index is 4.31. The Kier molecular flexibility index (Phi) is 2.86. The summed E-state index contributed by atoms with van der Waals surface area (Å²) in [5.74, 6) is 0.839. The molecule has 2 aromatic rings. The van der Waals surface area contributed by atoms with Gasteiger partial charge in [-0.2, -0.15) is 0 Å². The van der Waals surface area contributed by atoms with Gasteiger partial charge in [0, 0.05) is 18.7 Å². The number of aromatic nitrogens is 2. The molecule has 3 nitrogen and oxygen atoms in total. The largest absolute Gasteiger partial charge is 0.373 e. The first kappa shape index (κ1) is 10.6. The van der Waals surface area contributed by atoms with Crippen LogP contribution in [0, 0.1) is 13.8 Å². The van der Waals surface area contributed by atoms with Crippen LogP contribution < -0.4 is 5.32 Å². The number of anilines is 1. The van der Waals surface area contributed by atoms with Crippen molar-refractivity contribution in [2.24, 2.45) is 0 Å². The zero-order valence-corrected chi connectivity index (χ0v) is 9.78. The Balaban J connectivity index is 2.53. The van der Waals surface area contributed by atoms with Crippen molar-refractivity contribution in [2.45, 2.75) is 13.8 Å². The van der Waals surface area contributed by atoms with E-state index in [4.69, 9.17) is 0 Å². The molecule has 0 saturated heterocycles. The Morgan fingerprint density at radius 3 is 2.62 bits per heavy atom. The second-order valence-electron chi connectivity index (χ2n) is 3.86. The lowest BCUT2D eigenvalue weighted by Crippen LogP contribution is -1.95. The molecule has 1 aromatic carbocycles. The molecule has 0 aliphatic carbocycles. The van der Waals surface area contributed by atoms with E-state index >= 15 is 0 Å². The lowest BCUT2D eigenvalue weighted by atomic mass is 10.0. The van der Waals surface area contributed by atoms with E-state index in [2.05, 4.69) is 47.3 Å². The quantitative estimate of drug-likeness (QED) is 0.833. The minimum Gasteiger partial charge on any atom is -0.373 e. The predicted molar refractivity (Wildman–Crippen MR) is 66.5 cm³/mol. The topological polar surface area (TPSA) is 37.8 Å². The van der Waals surface area contributed by atoms with E-state index in [1.165, 1.54) is 16.7 Å². The van der Waals surface area contributed by atoms with Gasteiger partial charge in [0.25, 0.3) is 0 Å². The summed E-state index contributed by atoms with van der Waals surface area (Å²) in [6, 6.07) is 8.34. The first-order chi connectivity index (χ1) is 7.70. The van der Waals surface area contributed by atoms with Crippen molar-refractivity contribution in [1.82, 2.24) is 9.97 Å². The molecule has 0 aliphatic rings. The summed E-state index contributed by atoms with van der Waals surface area (Å²) in [4.78, 5) is 8.42. The van der Waals surface area contributed by atoms with Crippen LogP contribution in [0.15, 0.2) is 30.6 Å². The summed E-state index contributed by atoms with van der Waals surface area (Å²) >= 11 is 0. The highest BCUT2D eigenvalue weighted by molar-refractivity contribution is 5.66. The fraction of sp³-hybridized carbons (Fsp3) is 0.231. The minimum atomic E-state index is 0.839. The van der Waals surface area contributed by atoms with E-state index in [0.717, 1.165) is 11.5 Å². The van der Waals surface area contributed by atoms with Gasteiger partial charge in [-0.3, -0.25) is 0 Å². The fourth-order valence-corrected chi connectivity index (χ4v) is 1.65. The molecule has 2 rings (SSSR count). The van der Waals surface area contributed by atoms with Crippen LogP contribution >= 0.6 is 0 Å². The van der Waals surface area contributed by atoms with E-state index in [1.54, 1.807) is 6.33 Å². The number of nitrogens with one attached hydrogen (secondary N) is 1. The molecule has 1 N–H and O–H groups in total. The SMILES string of the molecule is CNc1cc(-c2cc(C)ccc2C)ncn1. The summed E-state index contributed by atoms with van der Waals surface area (Å²) in [6.45, 7) is 4.18. The van der Waals surface area contributed by atoms with Gasteiger partial charge in [-0.05, 0) is 25.5 Å². The molecule has 0 unspecified atom stereocenters. The third kappa shape index (κ3) is 2.03. The molecule has 0 radical (unpaired) electrons. The molecule has 0 spiro atoms. The number of rotatable bonds is 2. The molecule has 0 saturated carbocycles. The van der Waals surface area contributed by atoms with E-state index < -0.39 is 0 Å². The van der Waals surface area contributed by atoms with Crippen LogP contribution in [0.2, 0.25) is 0 Å². The summed E-state index contributed by atoms with van der Waals surface area (Å²) in [6.07, 6.45) is 1.59. The zero-order valence-electron chi connectivity index (χ0n) is 9.78. The van der Waals surface area contributed by atoms with Crippen molar-refractivity contribution in [2.75, 3.05) is 12.4 Å². The molecule has 0 fully saturated rings. The Morgan fingerprint density at radius 1 is 1.06 bits per heavy atom. The highest BCUT2D eigenvalue weighted by Gasteiger charge is 2.04. The van der Waals surface area contributed by atoms with E-state index in [0.29, 0.717) is 0 Å². The van der Waals surface area contributed by atoms with Gasteiger partial charge in [0.2, 0.25) is 0 Å². The number of aryl methyl sites for hydroxylation is 2. The standard InChI is InChI=1S/C13H15N3/c1-9-4-5-10(2)11(6-9)12-7-13(14-3)16-8-15-12/h4-8H,1-3H3,(H,14,15,16). The smallest absolute Gasteiger partial charge is 0.129 e. The molecule has 16 heavy (non-hydrogen) atoms. The van der Waals surface area contributed by atoms with E-state index in [-0.39, 0.29) is 0 Å². The van der Waals surface area contributed by atoms with Gasteiger partial charge in [-0.1, -0.05) is 17.7 Å². The van der Waals surface area contributed by atoms with E-state index in [1.807, 2.05) is 13.1 Å². The molecule has 3 heteroatoms. The van der Waals surface area contributed by atoms with Crippen LogP contribution in [-0.2, 0) is 0 Å². The molecule has 1 heterocycles. The number of hydrogen-bond donors (Lipinski definition) is 1. The maximum absolute atomic E-state index is 4.31. The Bertz CT molecular complexity index is 506. The van der Waals surface area contributed by atoms with Gasteiger partial charge in [0.1, 0.15) is 12.1 Å². The van der Waals surface area contributed by atoms with Gasteiger partial charge >= 0.3 is 0 Å². The normalized spacial score (nSPS) is 10.2. The second-order valence-corrected chi connectivity index (χ2v) is 3.86. The van der Waals surface area contributed by atoms with Gasteiger partial charge in [-0.15, -0.1) is 0 Å². The van der Waals surface area contributed by atoms with Crippen LogP contribution in [0.3, 0.4) is 0 Å². The summed E-state index contributed by atoms with van der Waals surface area (Å²) in [5.41, 5.74) is 4.59. The average Bonchev–Trinajstić information content (AvgIpc) is 2.32. The predicted octanol–water partition coefficient (Wildman–Crippen LogP) is 2.80. The monoisotopic (exact) mass is 213 g/mol. The van der Waals surface area contributed by atoms with Crippen molar-refractivity contribution in [1.29, 1.82) is 0 Å². The lowest BCUT2D eigenvalue weighted by Gasteiger charge is -2.07. The molecule has 0 amide bonds. The van der Waals surface area contributed by atoms with Crippen LogP contribution in [0.4, 0.5) is 5.82 Å². The molecule has 0 bridgehead atoms. The van der Waals surface area contributed by atoms with E-state index in [9.17, 15) is 0 Å². The molecular formula is C13H15N3. The number of benzene rings is 1.